The normalized spacial score (nSPS) is 16.1. The molecule has 0 unspecified atom stereocenters. The van der Waals surface area contributed by atoms with E-state index < -0.39 is 8.07 Å². The SMILES string of the molecule is C[Si-](C)(C)CCOCn1ccc2c(-c3cnn([C@H](CC#N)C4CCCC4)c3)ncnc21. The van der Waals surface area contributed by atoms with E-state index in [-0.39, 0.29) is 6.04 Å². The highest BCUT2D eigenvalue weighted by molar-refractivity contribution is 6.76. The molecule has 31 heavy (non-hydrogen) atoms. The second-order valence-corrected chi connectivity index (χ2v) is 15.4. The molecule has 7 nitrogen and oxygen atoms in total. The molecule has 1 aliphatic rings. The first kappa shape index (κ1) is 21.7. The van der Waals surface area contributed by atoms with E-state index in [4.69, 9.17) is 4.74 Å². The zero-order valence-corrected chi connectivity index (χ0v) is 19.8. The molecule has 165 valence electrons. The fourth-order valence-corrected chi connectivity index (χ4v) is 5.19. The molecular formula is C23H32N6OSi-. The zero-order valence-electron chi connectivity index (χ0n) is 18.8. The number of hydrogen-bond donors (Lipinski definition) is 0. The lowest BCUT2D eigenvalue weighted by atomic mass is 9.96. The van der Waals surface area contributed by atoms with Crippen LogP contribution >= 0.6 is 0 Å². The highest BCUT2D eigenvalue weighted by Crippen LogP contribution is 2.36. The molecule has 4 rings (SSSR count). The van der Waals surface area contributed by atoms with Gasteiger partial charge in [-0.1, -0.05) is 12.8 Å². The van der Waals surface area contributed by atoms with E-state index >= 15 is 0 Å². The topological polar surface area (TPSA) is 81.5 Å². The number of nitriles is 1. The minimum Gasteiger partial charge on any atom is -0.364 e. The number of aromatic nitrogens is 5. The smallest absolute Gasteiger partial charge is 0.145 e. The summed E-state index contributed by atoms with van der Waals surface area (Å²) in [6.07, 6.45) is 12.9. The van der Waals surface area contributed by atoms with Gasteiger partial charge in [0, 0.05) is 30.0 Å². The second kappa shape index (κ2) is 9.33. The monoisotopic (exact) mass is 436 g/mol. The largest absolute Gasteiger partial charge is 0.364 e. The first-order valence-electron chi connectivity index (χ1n) is 11.3. The molecular weight excluding hydrogens is 404 g/mol. The van der Waals surface area contributed by atoms with E-state index in [1.54, 1.807) is 6.33 Å². The number of rotatable bonds is 9. The molecule has 1 atom stereocenters. The summed E-state index contributed by atoms with van der Waals surface area (Å²) >= 11 is 0. The highest BCUT2D eigenvalue weighted by Gasteiger charge is 2.27. The summed E-state index contributed by atoms with van der Waals surface area (Å²) in [5, 5.41) is 15.0. The highest BCUT2D eigenvalue weighted by atomic mass is 28.3. The van der Waals surface area contributed by atoms with Gasteiger partial charge in [-0.3, -0.25) is 4.68 Å². The van der Waals surface area contributed by atoms with Crippen LogP contribution in [0.3, 0.4) is 0 Å². The van der Waals surface area contributed by atoms with Crippen molar-refractivity contribution in [2.24, 2.45) is 5.92 Å². The summed E-state index contributed by atoms with van der Waals surface area (Å²) in [7, 11) is -1.10. The van der Waals surface area contributed by atoms with Crippen molar-refractivity contribution < 1.29 is 4.74 Å². The maximum atomic E-state index is 9.34. The molecule has 0 N–H and O–H groups in total. The molecule has 3 heterocycles. The van der Waals surface area contributed by atoms with Crippen molar-refractivity contribution in [3.8, 4) is 17.3 Å². The lowest BCUT2D eigenvalue weighted by Crippen LogP contribution is -2.22. The minimum absolute atomic E-state index is 0.142. The maximum Gasteiger partial charge on any atom is 0.145 e. The van der Waals surface area contributed by atoms with Crippen LogP contribution in [0.4, 0.5) is 0 Å². The van der Waals surface area contributed by atoms with E-state index in [1.807, 2.05) is 33.9 Å². The summed E-state index contributed by atoms with van der Waals surface area (Å²) in [5.41, 5.74) is 2.71. The van der Waals surface area contributed by atoms with Gasteiger partial charge < -0.3 is 9.30 Å². The van der Waals surface area contributed by atoms with Crippen LogP contribution < -0.4 is 0 Å². The van der Waals surface area contributed by atoms with Crippen molar-refractivity contribution in [1.29, 1.82) is 5.26 Å². The summed E-state index contributed by atoms with van der Waals surface area (Å²) < 4.78 is 9.94. The maximum absolute atomic E-state index is 9.34. The number of hydrogen-bond acceptors (Lipinski definition) is 5. The van der Waals surface area contributed by atoms with Crippen LogP contribution in [-0.2, 0) is 11.5 Å². The van der Waals surface area contributed by atoms with Gasteiger partial charge in [0.1, 0.15) is 18.7 Å². The van der Waals surface area contributed by atoms with Gasteiger partial charge in [-0.25, -0.2) is 9.97 Å². The van der Waals surface area contributed by atoms with Gasteiger partial charge in [-0.05, 0) is 24.8 Å². The first-order chi connectivity index (χ1) is 15.0. The predicted octanol–water partition coefficient (Wildman–Crippen LogP) is 5.25. The Bertz CT molecular complexity index is 1050. The van der Waals surface area contributed by atoms with Crippen LogP contribution in [-0.4, -0.2) is 39.0 Å². The van der Waals surface area contributed by atoms with Crippen molar-refractivity contribution >= 4 is 19.1 Å². The Hall–Kier alpha value is -2.50. The van der Waals surface area contributed by atoms with Crippen LogP contribution in [0, 0.1) is 17.2 Å². The van der Waals surface area contributed by atoms with E-state index in [0.29, 0.717) is 19.1 Å². The van der Waals surface area contributed by atoms with Crippen LogP contribution in [0.1, 0.15) is 38.1 Å². The van der Waals surface area contributed by atoms with Crippen LogP contribution in [0.5, 0.6) is 0 Å². The van der Waals surface area contributed by atoms with Crippen LogP contribution in [0.15, 0.2) is 31.0 Å². The Kier molecular flexibility index (Phi) is 6.53. The van der Waals surface area contributed by atoms with Gasteiger partial charge in [0.05, 0.1) is 30.4 Å². The van der Waals surface area contributed by atoms with Crippen LogP contribution in [0.25, 0.3) is 22.3 Å². The Balaban J connectivity index is 1.54. The molecule has 1 aliphatic carbocycles. The molecule has 0 spiro atoms. The molecule has 0 saturated heterocycles. The van der Waals surface area contributed by atoms with E-state index in [2.05, 4.69) is 40.8 Å². The first-order valence-corrected chi connectivity index (χ1v) is 15.0. The van der Waals surface area contributed by atoms with E-state index in [0.717, 1.165) is 34.9 Å². The summed E-state index contributed by atoms with van der Waals surface area (Å²) in [6.45, 7) is 8.34. The fourth-order valence-electron chi connectivity index (χ4n) is 4.43. The molecule has 3 aromatic rings. The Labute approximate surface area is 185 Å². The summed E-state index contributed by atoms with van der Waals surface area (Å²) in [5.74, 6) is 0.534. The van der Waals surface area contributed by atoms with Crippen molar-refractivity contribution in [2.45, 2.75) is 70.6 Å². The van der Waals surface area contributed by atoms with Gasteiger partial charge in [0.25, 0.3) is 0 Å². The Morgan fingerprint density at radius 3 is 2.81 bits per heavy atom. The Morgan fingerprint density at radius 1 is 1.26 bits per heavy atom. The molecule has 0 aromatic carbocycles. The van der Waals surface area contributed by atoms with Gasteiger partial charge in [0.15, 0.2) is 0 Å². The zero-order chi connectivity index (χ0) is 21.8. The lowest BCUT2D eigenvalue weighted by Gasteiger charge is -2.26. The van der Waals surface area contributed by atoms with Crippen molar-refractivity contribution in [2.75, 3.05) is 6.61 Å². The van der Waals surface area contributed by atoms with Crippen molar-refractivity contribution in [1.82, 2.24) is 24.3 Å². The number of nitrogens with zero attached hydrogens (tertiary/aromatic N) is 6. The average Bonchev–Trinajstić information content (AvgIpc) is 3.50. The number of fused-ring (bicyclic) bond motifs is 1. The quantitative estimate of drug-likeness (QED) is 0.338. The molecule has 3 aromatic heterocycles. The van der Waals surface area contributed by atoms with Crippen LogP contribution in [0.2, 0.25) is 25.7 Å². The predicted molar refractivity (Wildman–Crippen MR) is 124 cm³/mol. The van der Waals surface area contributed by atoms with E-state index in [1.165, 1.54) is 25.7 Å². The third kappa shape index (κ3) is 5.05. The molecule has 8 heteroatoms. The second-order valence-electron chi connectivity index (χ2n) is 9.78. The van der Waals surface area contributed by atoms with E-state index in [9.17, 15) is 5.26 Å². The van der Waals surface area contributed by atoms with Gasteiger partial charge >= 0.3 is 0 Å². The summed E-state index contributed by atoms with van der Waals surface area (Å²) in [6, 6.07) is 5.70. The molecule has 0 aliphatic heterocycles. The third-order valence-corrected chi connectivity index (χ3v) is 7.95. The van der Waals surface area contributed by atoms with Gasteiger partial charge in [-0.15, -0.1) is 14.1 Å². The van der Waals surface area contributed by atoms with Crippen molar-refractivity contribution in [3.63, 3.8) is 0 Å². The molecule has 0 radical (unpaired) electrons. The molecule has 0 bridgehead atoms. The molecule has 1 saturated carbocycles. The fraction of sp³-hybridized carbons (Fsp3) is 0.565. The molecule has 0 amide bonds. The molecule has 1 fully saturated rings. The van der Waals surface area contributed by atoms with Crippen molar-refractivity contribution in [3.05, 3.63) is 31.0 Å². The number of ether oxygens (including phenoxy) is 1. The standard InChI is InChI=1S/C23H32N6OSi/c1-31(2,3)13-12-30-17-28-11-9-20-22(25-16-26-23(20)28)19-14-27-29(15-19)21(8-10-24)18-6-4-5-7-18/h9,11,14-16,18,21H,4-8,12-13,17H2,1-3H3/q-1/t21-/m1/s1. The minimum atomic E-state index is -1.10. The summed E-state index contributed by atoms with van der Waals surface area (Å²) in [4.78, 5) is 9.06. The van der Waals surface area contributed by atoms with Gasteiger partial charge in [-0.2, -0.15) is 30.0 Å². The van der Waals surface area contributed by atoms with Gasteiger partial charge in [0.2, 0.25) is 0 Å². The lowest BCUT2D eigenvalue weighted by molar-refractivity contribution is 0.0899. The third-order valence-electron chi connectivity index (χ3n) is 6.24. The Morgan fingerprint density at radius 2 is 2.06 bits per heavy atom. The average molecular weight is 437 g/mol.